The largest absolute Gasteiger partial charge is 0.481 e. The maximum Gasteiger partial charge on any atom is 0.308 e. The molecule has 5 heteroatoms. The maximum atomic E-state index is 11.0. The van der Waals surface area contributed by atoms with Gasteiger partial charge in [0, 0.05) is 19.3 Å². The molecule has 1 aliphatic heterocycles. The molecule has 0 saturated carbocycles. The van der Waals surface area contributed by atoms with Crippen LogP contribution < -0.4 is 4.90 Å². The highest BCUT2D eigenvalue weighted by molar-refractivity contribution is 5.72. The number of hydrogen-bond donors (Lipinski definition) is 1. The van der Waals surface area contributed by atoms with E-state index in [4.69, 9.17) is 10.4 Å². The molecule has 0 bridgehead atoms. The van der Waals surface area contributed by atoms with Gasteiger partial charge in [-0.2, -0.15) is 5.26 Å². The highest BCUT2D eigenvalue weighted by Crippen LogP contribution is 2.28. The molecule has 88 valence electrons. The minimum absolute atomic E-state index is 0.0704. The van der Waals surface area contributed by atoms with E-state index in [0.29, 0.717) is 24.5 Å². The molecule has 0 unspecified atom stereocenters. The fourth-order valence-corrected chi connectivity index (χ4v) is 2.20. The molecule has 1 aliphatic rings. The molecule has 0 aliphatic carbocycles. The van der Waals surface area contributed by atoms with Gasteiger partial charge in [0.05, 0.1) is 11.5 Å². The van der Waals surface area contributed by atoms with Crippen LogP contribution in [0.3, 0.4) is 0 Å². The lowest BCUT2D eigenvalue weighted by Gasteiger charge is -2.17. The van der Waals surface area contributed by atoms with Gasteiger partial charge in [0.25, 0.3) is 0 Å². The number of hydrogen-bond acceptors (Lipinski definition) is 4. The molecule has 1 aromatic rings. The minimum atomic E-state index is -0.783. The van der Waals surface area contributed by atoms with E-state index in [1.807, 2.05) is 11.8 Å². The average Bonchev–Trinajstić information content (AvgIpc) is 2.71. The summed E-state index contributed by atoms with van der Waals surface area (Å²) in [5, 5.41) is 18.0. The number of aliphatic carboxylic acids is 1. The first-order chi connectivity index (χ1) is 8.13. The Labute approximate surface area is 99.3 Å². The number of anilines is 1. The first-order valence-corrected chi connectivity index (χ1v) is 5.46. The SMILES string of the molecule is C[C@@H]1CN(c2ncccc2C#N)C[C@H]1C(=O)O. The number of carboxylic acid groups (broad SMARTS) is 1. The standard InChI is InChI=1S/C12H13N3O2/c1-8-6-15(7-10(8)12(16)17)11-9(5-13)3-2-4-14-11/h2-4,8,10H,6-7H2,1H3,(H,16,17)/t8-,10-/m1/s1. The van der Waals surface area contributed by atoms with E-state index in [1.165, 1.54) is 0 Å². The van der Waals surface area contributed by atoms with E-state index in [0.717, 1.165) is 0 Å². The second-order valence-electron chi connectivity index (χ2n) is 4.31. The molecule has 1 aromatic heterocycles. The van der Waals surface area contributed by atoms with Gasteiger partial charge in [-0.15, -0.1) is 0 Å². The van der Waals surface area contributed by atoms with E-state index in [2.05, 4.69) is 11.1 Å². The predicted octanol–water partition coefficient (Wildman–Crippen LogP) is 1.11. The summed E-state index contributed by atoms with van der Waals surface area (Å²) in [5.41, 5.74) is 0.491. The Morgan fingerprint density at radius 2 is 2.41 bits per heavy atom. The van der Waals surface area contributed by atoms with E-state index >= 15 is 0 Å². The molecule has 2 rings (SSSR count). The van der Waals surface area contributed by atoms with Gasteiger partial charge in [-0.05, 0) is 18.1 Å². The molecule has 1 fully saturated rings. The lowest BCUT2D eigenvalue weighted by atomic mass is 9.99. The number of aromatic nitrogens is 1. The first kappa shape index (κ1) is 11.4. The molecule has 0 spiro atoms. The van der Waals surface area contributed by atoms with Crippen molar-refractivity contribution in [2.24, 2.45) is 11.8 Å². The summed E-state index contributed by atoms with van der Waals surface area (Å²) in [4.78, 5) is 17.1. The monoisotopic (exact) mass is 231 g/mol. The highest BCUT2D eigenvalue weighted by atomic mass is 16.4. The summed E-state index contributed by atoms with van der Waals surface area (Å²) in [5.74, 6) is -0.510. The molecule has 2 atom stereocenters. The van der Waals surface area contributed by atoms with Crippen LogP contribution in [0.2, 0.25) is 0 Å². The van der Waals surface area contributed by atoms with Crippen molar-refractivity contribution in [2.75, 3.05) is 18.0 Å². The van der Waals surface area contributed by atoms with Crippen molar-refractivity contribution in [1.82, 2.24) is 4.98 Å². The Hall–Kier alpha value is -2.09. The van der Waals surface area contributed by atoms with Gasteiger partial charge in [-0.1, -0.05) is 6.92 Å². The zero-order valence-electron chi connectivity index (χ0n) is 9.50. The molecule has 1 N–H and O–H groups in total. The van der Waals surface area contributed by atoms with Gasteiger partial charge < -0.3 is 10.0 Å². The van der Waals surface area contributed by atoms with Crippen molar-refractivity contribution >= 4 is 11.8 Å². The Morgan fingerprint density at radius 1 is 1.65 bits per heavy atom. The second-order valence-corrected chi connectivity index (χ2v) is 4.31. The Balaban J connectivity index is 2.26. The minimum Gasteiger partial charge on any atom is -0.481 e. The number of carboxylic acids is 1. The summed E-state index contributed by atoms with van der Waals surface area (Å²) in [7, 11) is 0. The Kier molecular flexibility index (Phi) is 2.96. The van der Waals surface area contributed by atoms with Crippen molar-refractivity contribution in [2.45, 2.75) is 6.92 Å². The van der Waals surface area contributed by atoms with Crippen LogP contribution in [0.4, 0.5) is 5.82 Å². The lowest BCUT2D eigenvalue weighted by molar-refractivity contribution is -0.142. The van der Waals surface area contributed by atoms with Gasteiger partial charge in [0.2, 0.25) is 0 Å². The number of rotatable bonds is 2. The zero-order chi connectivity index (χ0) is 12.4. The summed E-state index contributed by atoms with van der Waals surface area (Å²) in [6, 6.07) is 5.48. The third-order valence-corrected chi connectivity index (χ3v) is 3.14. The van der Waals surface area contributed by atoms with Crippen molar-refractivity contribution < 1.29 is 9.90 Å². The average molecular weight is 231 g/mol. The van der Waals surface area contributed by atoms with Crippen LogP contribution in [-0.2, 0) is 4.79 Å². The van der Waals surface area contributed by atoms with Crippen molar-refractivity contribution in [3.63, 3.8) is 0 Å². The molecule has 1 saturated heterocycles. The smallest absolute Gasteiger partial charge is 0.308 e. The zero-order valence-corrected chi connectivity index (χ0v) is 9.50. The molecular formula is C12H13N3O2. The Bertz CT molecular complexity index is 481. The number of carbonyl (C=O) groups is 1. The van der Waals surface area contributed by atoms with Crippen LogP contribution >= 0.6 is 0 Å². The molecule has 0 aromatic carbocycles. The van der Waals surface area contributed by atoms with Gasteiger partial charge >= 0.3 is 5.97 Å². The van der Waals surface area contributed by atoms with Gasteiger partial charge in [0.1, 0.15) is 11.9 Å². The predicted molar refractivity (Wildman–Crippen MR) is 61.5 cm³/mol. The highest BCUT2D eigenvalue weighted by Gasteiger charge is 2.35. The third-order valence-electron chi connectivity index (χ3n) is 3.14. The molecule has 17 heavy (non-hydrogen) atoms. The van der Waals surface area contributed by atoms with Crippen LogP contribution in [0.15, 0.2) is 18.3 Å². The number of nitriles is 1. The third kappa shape index (κ3) is 2.07. The van der Waals surface area contributed by atoms with E-state index in [9.17, 15) is 4.79 Å². The second kappa shape index (κ2) is 4.42. The van der Waals surface area contributed by atoms with Crippen LogP contribution in [0.5, 0.6) is 0 Å². The van der Waals surface area contributed by atoms with Crippen molar-refractivity contribution in [3.05, 3.63) is 23.9 Å². The van der Waals surface area contributed by atoms with Crippen molar-refractivity contribution in [1.29, 1.82) is 5.26 Å². The summed E-state index contributed by atoms with van der Waals surface area (Å²) < 4.78 is 0. The van der Waals surface area contributed by atoms with Crippen LogP contribution in [0.25, 0.3) is 0 Å². The summed E-state index contributed by atoms with van der Waals surface area (Å²) in [6.07, 6.45) is 1.62. The van der Waals surface area contributed by atoms with Gasteiger partial charge in [-0.3, -0.25) is 4.79 Å². The fraction of sp³-hybridized carbons (Fsp3) is 0.417. The Morgan fingerprint density at radius 3 is 3.00 bits per heavy atom. The quantitative estimate of drug-likeness (QED) is 0.825. The topological polar surface area (TPSA) is 77.2 Å². The molecule has 2 heterocycles. The van der Waals surface area contributed by atoms with Gasteiger partial charge in [-0.25, -0.2) is 4.98 Å². The lowest BCUT2D eigenvalue weighted by Crippen LogP contribution is -2.24. The van der Waals surface area contributed by atoms with E-state index in [1.54, 1.807) is 18.3 Å². The van der Waals surface area contributed by atoms with Crippen molar-refractivity contribution in [3.8, 4) is 6.07 Å². The summed E-state index contributed by atoms with van der Waals surface area (Å²) in [6.45, 7) is 2.96. The normalized spacial score (nSPS) is 23.4. The fourth-order valence-electron chi connectivity index (χ4n) is 2.20. The number of nitrogens with zero attached hydrogens (tertiary/aromatic N) is 3. The summed E-state index contributed by atoms with van der Waals surface area (Å²) >= 11 is 0. The molecular weight excluding hydrogens is 218 g/mol. The molecule has 5 nitrogen and oxygen atoms in total. The van der Waals surface area contributed by atoms with Crippen LogP contribution in [0.1, 0.15) is 12.5 Å². The van der Waals surface area contributed by atoms with E-state index < -0.39 is 5.97 Å². The number of pyridine rings is 1. The maximum absolute atomic E-state index is 11.0. The molecule has 0 radical (unpaired) electrons. The molecule has 0 amide bonds. The first-order valence-electron chi connectivity index (χ1n) is 5.46. The van der Waals surface area contributed by atoms with Crippen LogP contribution in [0, 0.1) is 23.2 Å². The van der Waals surface area contributed by atoms with Crippen LogP contribution in [-0.4, -0.2) is 29.1 Å². The van der Waals surface area contributed by atoms with E-state index in [-0.39, 0.29) is 11.8 Å². The van der Waals surface area contributed by atoms with Gasteiger partial charge in [0.15, 0.2) is 0 Å².